The summed E-state index contributed by atoms with van der Waals surface area (Å²) < 4.78 is 10.9. The van der Waals surface area contributed by atoms with Gasteiger partial charge in [0.1, 0.15) is 12.3 Å². The maximum absolute atomic E-state index is 12.3. The predicted octanol–water partition coefficient (Wildman–Crippen LogP) is 8.06. The summed E-state index contributed by atoms with van der Waals surface area (Å²) in [6, 6.07) is 0.269. The molecule has 0 bridgehead atoms. The van der Waals surface area contributed by atoms with E-state index in [-0.39, 0.29) is 59.7 Å². The number of amides is 2. The molecule has 0 aromatic heterocycles. The smallest absolute Gasteiger partial charge is 0.318 e. The van der Waals surface area contributed by atoms with Gasteiger partial charge < -0.3 is 20.1 Å². The summed E-state index contributed by atoms with van der Waals surface area (Å²) in [7, 11) is 2.76. The second-order valence-electron chi connectivity index (χ2n) is 9.98. The normalized spacial score (nSPS) is 12.0. The molecule has 14 heteroatoms. The van der Waals surface area contributed by atoms with Crippen molar-refractivity contribution >= 4 is 102 Å². The molecule has 0 aromatic carbocycles. The monoisotopic (exact) mass is 746 g/mol. The van der Waals surface area contributed by atoms with Crippen molar-refractivity contribution in [3.05, 3.63) is 12.7 Å². The lowest BCUT2D eigenvalue weighted by atomic mass is 10.1. The number of ether oxygens (including phenoxy) is 2. The highest BCUT2D eigenvalue weighted by molar-refractivity contribution is 8.48. The number of thiocarbonyl (C=S) groups is 2. The van der Waals surface area contributed by atoms with Gasteiger partial charge >= 0.3 is 11.9 Å². The van der Waals surface area contributed by atoms with Crippen LogP contribution in [0.25, 0.3) is 0 Å². The van der Waals surface area contributed by atoms with Gasteiger partial charge in [0.05, 0.1) is 25.4 Å². The fourth-order valence-corrected chi connectivity index (χ4v) is 8.27. The predicted molar refractivity (Wildman–Crippen MR) is 210 cm³/mol. The van der Waals surface area contributed by atoms with Crippen molar-refractivity contribution in [2.24, 2.45) is 5.92 Å². The van der Waals surface area contributed by atoms with E-state index >= 15 is 0 Å². The third-order valence-electron chi connectivity index (χ3n) is 4.99. The molecule has 0 fully saturated rings. The Morgan fingerprint density at radius 3 is 1.58 bits per heavy atom. The molecule has 0 aliphatic heterocycles. The molecule has 3 atom stereocenters. The molecule has 2 amide bonds. The number of thioether (sulfide) groups is 4. The van der Waals surface area contributed by atoms with E-state index in [9.17, 15) is 19.2 Å². The highest BCUT2D eigenvalue weighted by Crippen LogP contribution is 2.28. The van der Waals surface area contributed by atoms with Gasteiger partial charge in [0.15, 0.2) is 0 Å². The summed E-state index contributed by atoms with van der Waals surface area (Å²) in [5.74, 6) is 0.975. The minimum atomic E-state index is -0.363. The number of carbonyl (C=O) groups excluding carboxylic acids is 4. The van der Waals surface area contributed by atoms with E-state index in [1.807, 2.05) is 34.6 Å². The summed E-state index contributed by atoms with van der Waals surface area (Å²) in [6.07, 6.45) is 6.25. The quantitative estimate of drug-likeness (QED) is 0.0690. The number of hydrogen-bond acceptors (Lipinski definition) is 12. The highest BCUT2D eigenvalue weighted by atomic mass is 32.2. The van der Waals surface area contributed by atoms with Gasteiger partial charge in [-0.15, -0.1) is 23.5 Å². The zero-order chi connectivity index (χ0) is 34.7. The molecule has 0 rings (SSSR count). The molecule has 0 aliphatic rings. The van der Waals surface area contributed by atoms with Crippen LogP contribution in [0.4, 0.5) is 0 Å². The van der Waals surface area contributed by atoms with Crippen molar-refractivity contribution < 1.29 is 28.7 Å². The van der Waals surface area contributed by atoms with E-state index in [4.69, 9.17) is 29.2 Å². The highest BCUT2D eigenvalue weighted by Gasteiger charge is 2.27. The Morgan fingerprint density at radius 2 is 1.22 bits per heavy atom. The Balaban J connectivity index is -0.000000312. The lowest BCUT2D eigenvalue weighted by molar-refractivity contribution is -0.145. The van der Waals surface area contributed by atoms with E-state index in [2.05, 4.69) is 35.8 Å². The average Bonchev–Trinajstić information content (AvgIpc) is 2.95. The van der Waals surface area contributed by atoms with Gasteiger partial charge in [-0.2, -0.15) is 0 Å². The van der Waals surface area contributed by atoms with Crippen LogP contribution in [-0.4, -0.2) is 79.1 Å². The van der Waals surface area contributed by atoms with Gasteiger partial charge in [0, 0.05) is 12.1 Å². The molecule has 0 saturated carbocycles. The first-order valence-corrected chi connectivity index (χ1v) is 19.2. The van der Waals surface area contributed by atoms with Crippen LogP contribution in [0, 0.1) is 5.92 Å². The summed E-state index contributed by atoms with van der Waals surface area (Å²) in [5, 5.41) is 4.98. The fourth-order valence-electron chi connectivity index (χ4n) is 2.69. The summed E-state index contributed by atoms with van der Waals surface area (Å²) in [4.78, 5) is 45.4. The molecular formula is C31H58N2O6S6. The summed E-state index contributed by atoms with van der Waals surface area (Å²) in [6.45, 7) is 18.8. The molecule has 0 aliphatic carbocycles. The first kappa shape index (κ1) is 51.0. The number of carbonyl (C=O) groups is 4. The number of nitrogens with one attached hydrogen (secondary N) is 2. The SMILES string of the molecule is C.C=CC(=O)NC(C)C.CCCCSC(=S)SC(C)C(=O)OC.CCCCSC(=S)SC(CC(C)C(=O)OC)C(=O)NC(C)C. The molecule has 3 unspecified atom stereocenters. The van der Waals surface area contributed by atoms with E-state index in [1.165, 1.54) is 50.2 Å². The number of esters is 2. The largest absolute Gasteiger partial charge is 0.469 e. The number of methoxy groups -OCH3 is 2. The van der Waals surface area contributed by atoms with Crippen LogP contribution in [0.15, 0.2) is 12.7 Å². The van der Waals surface area contributed by atoms with E-state index < -0.39 is 0 Å². The third-order valence-corrected chi connectivity index (χ3v) is 10.6. The minimum absolute atomic E-state index is 0. The van der Waals surface area contributed by atoms with Crippen LogP contribution in [0.1, 0.15) is 94.9 Å². The molecule has 0 radical (unpaired) electrons. The number of hydrogen-bond donors (Lipinski definition) is 2. The molecule has 0 spiro atoms. The standard InChI is InChI=1S/C15H27NO3S3.C9H16O2S3.C6H11NO.CH4/c1-6-7-8-21-15(20)22-12(13(17)16-10(2)3)9-11(4)14(18)19-5;1-4-5-6-13-9(12)14-7(2)8(10)11-3;1-4-6(8)7-5(2)3;/h10-12H,6-9H2,1-5H3,(H,16,17);7H,4-6H2,1-3H3;4-5H,1H2,2-3H3,(H,7,8);1H4. The molecule has 2 N–H and O–H groups in total. The molecule has 0 saturated heterocycles. The maximum atomic E-state index is 12.3. The Labute approximate surface area is 301 Å². The van der Waals surface area contributed by atoms with Gasteiger partial charge in [0.25, 0.3) is 0 Å². The second-order valence-corrected chi connectivity index (χ2v) is 17.1. The Bertz CT molecular complexity index is 874. The number of rotatable bonds is 16. The van der Waals surface area contributed by atoms with Crippen LogP contribution >= 0.6 is 71.5 Å². The number of unbranched alkanes of at least 4 members (excludes halogenated alkanes) is 2. The summed E-state index contributed by atoms with van der Waals surface area (Å²) in [5.41, 5.74) is 0. The van der Waals surface area contributed by atoms with Crippen LogP contribution in [-0.2, 0) is 28.7 Å². The first-order valence-electron chi connectivity index (χ1n) is 14.6. The molecule has 0 aromatic rings. The third kappa shape index (κ3) is 32.9. The van der Waals surface area contributed by atoms with Crippen molar-refractivity contribution in [1.29, 1.82) is 0 Å². The zero-order valence-corrected chi connectivity index (χ0v) is 32.9. The molecule has 0 heterocycles. The van der Waals surface area contributed by atoms with Gasteiger partial charge in [-0.25, -0.2) is 0 Å². The Morgan fingerprint density at radius 1 is 0.778 bits per heavy atom. The molecular weight excluding hydrogens is 689 g/mol. The fraction of sp³-hybridized carbons (Fsp3) is 0.742. The minimum Gasteiger partial charge on any atom is -0.469 e. The first-order chi connectivity index (χ1) is 20.6. The Hall–Kier alpha value is -0.800. The van der Waals surface area contributed by atoms with E-state index in [1.54, 1.807) is 30.4 Å². The Kier molecular flexibility index (Phi) is 37.6. The van der Waals surface area contributed by atoms with Gasteiger partial charge in [-0.05, 0) is 71.5 Å². The van der Waals surface area contributed by atoms with Crippen LogP contribution < -0.4 is 10.6 Å². The van der Waals surface area contributed by atoms with E-state index in [0.717, 1.165) is 37.8 Å². The van der Waals surface area contributed by atoms with Crippen molar-refractivity contribution in [1.82, 2.24) is 10.6 Å². The maximum Gasteiger partial charge on any atom is 0.318 e. The van der Waals surface area contributed by atoms with Crippen molar-refractivity contribution in [3.63, 3.8) is 0 Å². The lowest BCUT2D eigenvalue weighted by Crippen LogP contribution is -2.39. The average molecular weight is 747 g/mol. The van der Waals surface area contributed by atoms with Crippen LogP contribution in [0.5, 0.6) is 0 Å². The second kappa shape index (κ2) is 33.1. The summed E-state index contributed by atoms with van der Waals surface area (Å²) >= 11 is 16.5. The van der Waals surface area contributed by atoms with Crippen molar-refractivity contribution in [2.45, 2.75) is 118 Å². The lowest BCUT2D eigenvalue weighted by Gasteiger charge is -2.20. The zero-order valence-electron chi connectivity index (χ0n) is 28.0. The van der Waals surface area contributed by atoms with Crippen LogP contribution in [0.2, 0.25) is 0 Å². The topological polar surface area (TPSA) is 111 Å². The van der Waals surface area contributed by atoms with Gasteiger partial charge in [0.2, 0.25) is 11.8 Å². The van der Waals surface area contributed by atoms with E-state index in [0.29, 0.717) is 6.42 Å². The van der Waals surface area contributed by atoms with Gasteiger partial charge in [-0.1, -0.05) is 95.6 Å². The molecule has 45 heavy (non-hydrogen) atoms. The van der Waals surface area contributed by atoms with Gasteiger partial charge in [-0.3, -0.25) is 19.2 Å². The van der Waals surface area contributed by atoms with Crippen molar-refractivity contribution in [3.8, 4) is 0 Å². The molecule has 8 nitrogen and oxygen atoms in total. The van der Waals surface area contributed by atoms with Crippen molar-refractivity contribution in [2.75, 3.05) is 25.7 Å². The van der Waals surface area contributed by atoms with Crippen LogP contribution in [0.3, 0.4) is 0 Å². The molecule has 264 valence electrons.